The van der Waals surface area contributed by atoms with Crippen LogP contribution in [0.5, 0.6) is 0 Å². The van der Waals surface area contributed by atoms with E-state index in [-0.39, 0.29) is 5.69 Å². The zero-order chi connectivity index (χ0) is 15.0. The van der Waals surface area contributed by atoms with E-state index in [2.05, 4.69) is 5.10 Å². The van der Waals surface area contributed by atoms with Crippen LogP contribution in [0.1, 0.15) is 10.5 Å². The second-order valence-electron chi connectivity index (χ2n) is 4.22. The number of thiophene rings is 1. The Labute approximate surface area is 134 Å². The molecule has 0 atom stereocenters. The number of hydrogen-bond donors (Lipinski definition) is 1. The van der Waals surface area contributed by atoms with E-state index < -0.39 is 5.97 Å². The van der Waals surface area contributed by atoms with E-state index in [9.17, 15) is 4.79 Å². The molecule has 0 saturated heterocycles. The van der Waals surface area contributed by atoms with Crippen molar-refractivity contribution in [1.82, 2.24) is 9.78 Å². The average Bonchev–Trinajstić information content (AvgIpc) is 3.04. The fraction of sp³-hybridized carbons (Fsp3) is 0. The van der Waals surface area contributed by atoms with Crippen molar-refractivity contribution >= 4 is 40.5 Å². The molecular weight excluding hydrogens is 331 g/mol. The van der Waals surface area contributed by atoms with Crippen LogP contribution in [0.3, 0.4) is 0 Å². The second kappa shape index (κ2) is 5.52. The highest BCUT2D eigenvalue weighted by atomic mass is 35.5. The minimum Gasteiger partial charge on any atom is -0.476 e. The molecule has 2 aromatic heterocycles. The van der Waals surface area contributed by atoms with Crippen LogP contribution in [0.15, 0.2) is 42.5 Å². The van der Waals surface area contributed by atoms with Gasteiger partial charge in [-0.15, -0.1) is 11.3 Å². The molecule has 3 rings (SSSR count). The number of carboxylic acid groups (broad SMARTS) is 1. The maximum atomic E-state index is 11.2. The Morgan fingerprint density at radius 3 is 2.62 bits per heavy atom. The van der Waals surface area contributed by atoms with Gasteiger partial charge in [0.1, 0.15) is 0 Å². The van der Waals surface area contributed by atoms with Gasteiger partial charge in [-0.25, -0.2) is 9.48 Å². The standard InChI is InChI=1S/C14H8Cl2N2O2S/c15-8-2-1-3-9(6-8)18-11(7-10(17-18)14(19)20)12-4-5-13(16)21-12/h1-7H,(H,19,20). The third-order valence-electron chi connectivity index (χ3n) is 2.81. The Bertz CT molecular complexity index is 826. The maximum absolute atomic E-state index is 11.2. The summed E-state index contributed by atoms with van der Waals surface area (Å²) >= 11 is 13.3. The molecule has 0 bridgehead atoms. The SMILES string of the molecule is O=C(O)c1cc(-c2ccc(Cl)s2)n(-c2cccc(Cl)c2)n1. The lowest BCUT2D eigenvalue weighted by Crippen LogP contribution is -2.01. The largest absolute Gasteiger partial charge is 0.476 e. The lowest BCUT2D eigenvalue weighted by molar-refractivity contribution is 0.0690. The summed E-state index contributed by atoms with van der Waals surface area (Å²) in [6, 6.07) is 12.2. The molecule has 0 aliphatic rings. The molecule has 0 unspecified atom stereocenters. The second-order valence-corrected chi connectivity index (χ2v) is 6.37. The first-order valence-electron chi connectivity index (χ1n) is 5.89. The number of benzene rings is 1. The number of carbonyl (C=O) groups is 1. The Balaban J connectivity index is 2.21. The Hall–Kier alpha value is -1.82. The Morgan fingerprint density at radius 2 is 2.00 bits per heavy atom. The molecule has 0 spiro atoms. The van der Waals surface area contributed by atoms with E-state index in [4.69, 9.17) is 28.3 Å². The molecule has 21 heavy (non-hydrogen) atoms. The molecular formula is C14H8Cl2N2O2S. The van der Waals surface area contributed by atoms with Gasteiger partial charge in [0.15, 0.2) is 5.69 Å². The van der Waals surface area contributed by atoms with E-state index in [0.29, 0.717) is 20.7 Å². The first-order valence-corrected chi connectivity index (χ1v) is 7.47. The first-order chi connectivity index (χ1) is 10.0. The molecule has 7 heteroatoms. The van der Waals surface area contributed by atoms with E-state index in [0.717, 1.165) is 4.88 Å². The zero-order valence-electron chi connectivity index (χ0n) is 10.5. The monoisotopic (exact) mass is 338 g/mol. The van der Waals surface area contributed by atoms with Gasteiger partial charge in [-0.05, 0) is 30.3 Å². The smallest absolute Gasteiger partial charge is 0.356 e. The maximum Gasteiger partial charge on any atom is 0.356 e. The highest BCUT2D eigenvalue weighted by Crippen LogP contribution is 2.33. The van der Waals surface area contributed by atoms with Crippen molar-refractivity contribution in [3.8, 4) is 16.3 Å². The molecule has 1 aromatic carbocycles. The number of carboxylic acids is 1. The van der Waals surface area contributed by atoms with E-state index >= 15 is 0 Å². The predicted molar refractivity (Wildman–Crippen MR) is 83.9 cm³/mol. The van der Waals surface area contributed by atoms with Crippen molar-refractivity contribution in [2.75, 3.05) is 0 Å². The summed E-state index contributed by atoms with van der Waals surface area (Å²) in [5.74, 6) is -1.08. The van der Waals surface area contributed by atoms with Crippen LogP contribution in [0, 0.1) is 0 Å². The van der Waals surface area contributed by atoms with Crippen LogP contribution in [-0.4, -0.2) is 20.9 Å². The molecule has 2 heterocycles. The van der Waals surface area contributed by atoms with Crippen molar-refractivity contribution in [2.45, 2.75) is 0 Å². The molecule has 0 aliphatic heterocycles. The summed E-state index contributed by atoms with van der Waals surface area (Å²) < 4.78 is 2.18. The molecule has 0 radical (unpaired) electrons. The van der Waals surface area contributed by atoms with Crippen molar-refractivity contribution < 1.29 is 9.90 Å². The van der Waals surface area contributed by atoms with Crippen LogP contribution in [-0.2, 0) is 0 Å². The van der Waals surface area contributed by atoms with Gasteiger partial charge >= 0.3 is 5.97 Å². The molecule has 4 nitrogen and oxygen atoms in total. The number of hydrogen-bond acceptors (Lipinski definition) is 3. The number of aromatic carboxylic acids is 1. The summed E-state index contributed by atoms with van der Waals surface area (Å²) in [5, 5.41) is 13.8. The van der Waals surface area contributed by atoms with Crippen molar-refractivity contribution in [1.29, 1.82) is 0 Å². The van der Waals surface area contributed by atoms with E-state index in [1.54, 1.807) is 28.9 Å². The molecule has 0 fully saturated rings. The van der Waals surface area contributed by atoms with Crippen molar-refractivity contribution in [3.05, 3.63) is 57.5 Å². The lowest BCUT2D eigenvalue weighted by atomic mass is 10.3. The van der Waals surface area contributed by atoms with Crippen LogP contribution in [0.2, 0.25) is 9.36 Å². The van der Waals surface area contributed by atoms with Gasteiger partial charge in [0, 0.05) is 11.1 Å². The summed E-state index contributed by atoms with van der Waals surface area (Å²) in [6.45, 7) is 0. The normalized spacial score (nSPS) is 10.8. The number of aromatic nitrogens is 2. The molecule has 106 valence electrons. The van der Waals surface area contributed by atoms with Crippen LogP contribution in [0.25, 0.3) is 16.3 Å². The van der Waals surface area contributed by atoms with Crippen molar-refractivity contribution in [3.63, 3.8) is 0 Å². The quantitative estimate of drug-likeness (QED) is 0.758. The lowest BCUT2D eigenvalue weighted by Gasteiger charge is -2.06. The molecule has 0 aliphatic carbocycles. The minimum absolute atomic E-state index is 0.0329. The molecule has 3 aromatic rings. The van der Waals surface area contributed by atoms with Gasteiger partial charge in [0.05, 0.1) is 20.6 Å². The molecule has 0 amide bonds. The predicted octanol–water partition coefficient (Wildman–Crippen LogP) is 4.61. The van der Waals surface area contributed by atoms with Gasteiger partial charge in [0.25, 0.3) is 0 Å². The summed E-state index contributed by atoms with van der Waals surface area (Å²) in [7, 11) is 0. The molecule has 1 N–H and O–H groups in total. The molecule has 0 saturated carbocycles. The van der Waals surface area contributed by atoms with E-state index in [1.807, 2.05) is 12.1 Å². The van der Waals surface area contributed by atoms with Gasteiger partial charge in [-0.3, -0.25) is 0 Å². The third-order valence-corrected chi connectivity index (χ3v) is 4.30. The van der Waals surface area contributed by atoms with Gasteiger partial charge in [-0.1, -0.05) is 29.3 Å². The highest BCUT2D eigenvalue weighted by molar-refractivity contribution is 7.19. The number of nitrogens with zero attached hydrogens (tertiary/aromatic N) is 2. The first kappa shape index (κ1) is 14.1. The number of halogens is 2. The number of rotatable bonds is 3. The average molecular weight is 339 g/mol. The van der Waals surface area contributed by atoms with Gasteiger partial charge < -0.3 is 5.11 Å². The van der Waals surface area contributed by atoms with Gasteiger partial charge in [-0.2, -0.15) is 5.10 Å². The minimum atomic E-state index is -1.08. The Morgan fingerprint density at radius 1 is 1.19 bits per heavy atom. The summed E-state index contributed by atoms with van der Waals surface area (Å²) in [4.78, 5) is 12.0. The van der Waals surface area contributed by atoms with Crippen molar-refractivity contribution in [2.24, 2.45) is 0 Å². The topological polar surface area (TPSA) is 55.1 Å². The van der Waals surface area contributed by atoms with Gasteiger partial charge in [0.2, 0.25) is 0 Å². The Kier molecular flexibility index (Phi) is 3.71. The third kappa shape index (κ3) is 2.81. The highest BCUT2D eigenvalue weighted by Gasteiger charge is 2.17. The summed E-state index contributed by atoms with van der Waals surface area (Å²) in [5.41, 5.74) is 1.32. The fourth-order valence-corrected chi connectivity index (χ4v) is 3.15. The fourth-order valence-electron chi connectivity index (χ4n) is 1.92. The van der Waals surface area contributed by atoms with E-state index in [1.165, 1.54) is 17.4 Å². The van der Waals surface area contributed by atoms with Crippen LogP contribution in [0.4, 0.5) is 0 Å². The van der Waals surface area contributed by atoms with Crippen LogP contribution < -0.4 is 0 Å². The van der Waals surface area contributed by atoms with Crippen LogP contribution >= 0.6 is 34.5 Å². The summed E-state index contributed by atoms with van der Waals surface area (Å²) in [6.07, 6.45) is 0. The zero-order valence-corrected chi connectivity index (χ0v) is 12.8.